The Balaban J connectivity index is 1.73. The summed E-state index contributed by atoms with van der Waals surface area (Å²) in [6.45, 7) is -2.42. The number of amidine groups is 1. The maximum Gasteiger partial charge on any atom is 0.416 e. The SMILES string of the molecule is N=C(c1ccc(Cl)cc1)N(C[C@H](O)C(F)(F)F)C(=O)NCc1ncn(-c2ncccc2C(=O)NCCC(F)(F)F)n1. The number of aliphatic hydroxyl groups excluding tert-OH is 1. The molecule has 18 heteroatoms. The van der Waals surface area contributed by atoms with Gasteiger partial charge in [0.25, 0.3) is 5.91 Å². The van der Waals surface area contributed by atoms with E-state index >= 15 is 0 Å². The first-order chi connectivity index (χ1) is 19.2. The molecule has 0 saturated heterocycles. The Morgan fingerprint density at radius 3 is 2.39 bits per heavy atom. The Kier molecular flexibility index (Phi) is 9.88. The zero-order valence-corrected chi connectivity index (χ0v) is 21.4. The Bertz CT molecular complexity index is 1380. The molecule has 0 fully saturated rings. The van der Waals surface area contributed by atoms with Crippen molar-refractivity contribution in [3.05, 3.63) is 70.9 Å². The van der Waals surface area contributed by atoms with Crippen molar-refractivity contribution in [2.75, 3.05) is 13.1 Å². The fourth-order valence-electron chi connectivity index (χ4n) is 3.22. The first-order valence-corrected chi connectivity index (χ1v) is 11.9. The first kappa shape index (κ1) is 31.3. The van der Waals surface area contributed by atoms with E-state index < -0.39 is 62.3 Å². The molecule has 4 N–H and O–H groups in total. The van der Waals surface area contributed by atoms with Crippen LogP contribution >= 0.6 is 11.6 Å². The van der Waals surface area contributed by atoms with E-state index in [1.54, 1.807) is 0 Å². The molecule has 2 aromatic heterocycles. The van der Waals surface area contributed by atoms with E-state index in [2.05, 4.69) is 25.7 Å². The predicted octanol–water partition coefficient (Wildman–Crippen LogP) is 3.46. The minimum Gasteiger partial charge on any atom is -0.382 e. The molecule has 11 nitrogen and oxygen atoms in total. The van der Waals surface area contributed by atoms with E-state index in [4.69, 9.17) is 17.0 Å². The topological polar surface area (TPSA) is 149 Å². The third-order valence-electron chi connectivity index (χ3n) is 5.25. The van der Waals surface area contributed by atoms with Crippen LogP contribution in [0.2, 0.25) is 5.02 Å². The summed E-state index contributed by atoms with van der Waals surface area (Å²) in [4.78, 5) is 33.5. The zero-order chi connectivity index (χ0) is 30.4. The van der Waals surface area contributed by atoms with Gasteiger partial charge in [0.2, 0.25) is 0 Å². The molecule has 220 valence electrons. The van der Waals surface area contributed by atoms with E-state index in [1.165, 1.54) is 42.6 Å². The number of halogens is 7. The van der Waals surface area contributed by atoms with Gasteiger partial charge in [0.1, 0.15) is 12.2 Å². The minimum atomic E-state index is -5.07. The zero-order valence-electron chi connectivity index (χ0n) is 20.7. The van der Waals surface area contributed by atoms with Crippen LogP contribution in [0, 0.1) is 5.41 Å². The van der Waals surface area contributed by atoms with E-state index in [-0.39, 0.29) is 27.8 Å². The quantitative estimate of drug-likeness (QED) is 0.167. The van der Waals surface area contributed by atoms with Gasteiger partial charge in [-0.2, -0.15) is 26.3 Å². The number of carbonyl (C=O) groups is 2. The second-order valence-electron chi connectivity index (χ2n) is 8.28. The Morgan fingerprint density at radius 2 is 1.76 bits per heavy atom. The highest BCUT2D eigenvalue weighted by atomic mass is 35.5. The summed E-state index contributed by atoms with van der Waals surface area (Å²) in [7, 11) is 0. The van der Waals surface area contributed by atoms with Crippen molar-refractivity contribution in [3.63, 3.8) is 0 Å². The number of benzene rings is 1. The van der Waals surface area contributed by atoms with E-state index in [0.717, 1.165) is 11.0 Å². The molecule has 3 amide bonds. The van der Waals surface area contributed by atoms with Crippen molar-refractivity contribution >= 4 is 29.4 Å². The monoisotopic (exact) mass is 606 g/mol. The molecule has 41 heavy (non-hydrogen) atoms. The van der Waals surface area contributed by atoms with E-state index in [9.17, 15) is 41.0 Å². The fraction of sp³-hybridized carbons (Fsp3) is 0.304. The number of nitrogens with zero attached hydrogens (tertiary/aromatic N) is 5. The number of carbonyl (C=O) groups excluding carboxylic acids is 2. The highest BCUT2D eigenvalue weighted by molar-refractivity contribution is 6.30. The number of aliphatic hydroxyl groups is 1. The number of pyridine rings is 1. The van der Waals surface area contributed by atoms with Crippen molar-refractivity contribution < 1.29 is 41.0 Å². The van der Waals surface area contributed by atoms with Gasteiger partial charge in [-0.25, -0.2) is 19.4 Å². The third-order valence-corrected chi connectivity index (χ3v) is 5.50. The van der Waals surface area contributed by atoms with Crippen LogP contribution in [0.25, 0.3) is 5.82 Å². The maximum atomic E-state index is 13.0. The first-order valence-electron chi connectivity index (χ1n) is 11.5. The van der Waals surface area contributed by atoms with E-state index in [0.29, 0.717) is 4.90 Å². The van der Waals surface area contributed by atoms with Gasteiger partial charge in [-0.3, -0.25) is 15.1 Å². The predicted molar refractivity (Wildman–Crippen MR) is 131 cm³/mol. The molecule has 0 aliphatic carbocycles. The molecule has 3 rings (SSSR count). The van der Waals surface area contributed by atoms with Crippen LogP contribution in [0.5, 0.6) is 0 Å². The van der Waals surface area contributed by atoms with Crippen molar-refractivity contribution in [2.45, 2.75) is 31.4 Å². The molecule has 1 atom stereocenters. The summed E-state index contributed by atoms with van der Waals surface area (Å²) < 4.78 is 77.2. The molecule has 1 aromatic carbocycles. The summed E-state index contributed by atoms with van der Waals surface area (Å²) in [6.07, 6.45) is -11.4. The minimum absolute atomic E-state index is 0.0394. The second-order valence-corrected chi connectivity index (χ2v) is 8.72. The van der Waals surface area contributed by atoms with Crippen LogP contribution in [0.1, 0.15) is 28.2 Å². The van der Waals surface area contributed by atoms with Crippen LogP contribution in [-0.4, -0.2) is 79.1 Å². The number of rotatable bonds is 9. The average molecular weight is 607 g/mol. The summed E-state index contributed by atoms with van der Waals surface area (Å²) in [5.74, 6) is -1.71. The Morgan fingerprint density at radius 1 is 1.07 bits per heavy atom. The normalized spacial score (nSPS) is 12.5. The second kappa shape index (κ2) is 12.9. The number of aromatic nitrogens is 4. The Labute approximate surface area is 232 Å². The number of urea groups is 1. The van der Waals surface area contributed by atoms with E-state index in [1.807, 2.05) is 0 Å². The van der Waals surface area contributed by atoms with Crippen molar-refractivity contribution in [3.8, 4) is 5.82 Å². The lowest BCUT2D eigenvalue weighted by atomic mass is 10.2. The lowest BCUT2D eigenvalue weighted by Crippen LogP contribution is -2.50. The number of amides is 3. The smallest absolute Gasteiger partial charge is 0.382 e. The van der Waals surface area contributed by atoms with Gasteiger partial charge < -0.3 is 15.7 Å². The molecule has 3 aromatic rings. The summed E-state index contributed by atoms with van der Waals surface area (Å²) in [5.41, 5.74) is -0.0867. The molecule has 0 radical (unpaired) electrons. The van der Waals surface area contributed by atoms with Crippen LogP contribution in [-0.2, 0) is 6.54 Å². The maximum absolute atomic E-state index is 13.0. The van der Waals surface area contributed by atoms with Crippen molar-refractivity contribution in [1.29, 1.82) is 5.41 Å². The van der Waals surface area contributed by atoms with Gasteiger partial charge in [-0.05, 0) is 36.4 Å². The highest BCUT2D eigenvalue weighted by Gasteiger charge is 2.41. The fourth-order valence-corrected chi connectivity index (χ4v) is 3.34. The van der Waals surface area contributed by atoms with Gasteiger partial charge >= 0.3 is 18.4 Å². The molecular formula is C23H21ClF6N8O3. The third kappa shape index (κ3) is 8.87. The van der Waals surface area contributed by atoms with Gasteiger partial charge in [0, 0.05) is 23.3 Å². The van der Waals surface area contributed by atoms with Crippen molar-refractivity contribution in [1.82, 2.24) is 35.3 Å². The van der Waals surface area contributed by atoms with Crippen LogP contribution in [0.3, 0.4) is 0 Å². The number of hydrogen-bond acceptors (Lipinski definition) is 7. The molecule has 0 aliphatic rings. The van der Waals surface area contributed by atoms with Gasteiger partial charge in [-0.1, -0.05) is 11.6 Å². The van der Waals surface area contributed by atoms with Gasteiger partial charge in [0.15, 0.2) is 17.7 Å². The summed E-state index contributed by atoms with van der Waals surface area (Å²) in [6, 6.07) is 6.81. The Hall–Kier alpha value is -4.25. The largest absolute Gasteiger partial charge is 0.416 e. The lowest BCUT2D eigenvalue weighted by molar-refractivity contribution is -0.204. The molecule has 0 spiro atoms. The van der Waals surface area contributed by atoms with Crippen LogP contribution < -0.4 is 10.6 Å². The van der Waals surface area contributed by atoms with Crippen molar-refractivity contribution in [2.24, 2.45) is 0 Å². The van der Waals surface area contributed by atoms with Gasteiger partial charge in [0.05, 0.1) is 25.1 Å². The molecular weight excluding hydrogens is 586 g/mol. The molecule has 2 heterocycles. The summed E-state index contributed by atoms with van der Waals surface area (Å²) in [5, 5.41) is 26.5. The average Bonchev–Trinajstić information content (AvgIpc) is 3.38. The molecule has 0 saturated carbocycles. The lowest BCUT2D eigenvalue weighted by Gasteiger charge is -2.26. The molecule has 0 aliphatic heterocycles. The number of alkyl halides is 6. The highest BCUT2D eigenvalue weighted by Crippen LogP contribution is 2.22. The van der Waals surface area contributed by atoms with Crippen LogP contribution in [0.15, 0.2) is 48.9 Å². The van der Waals surface area contributed by atoms with Crippen LogP contribution in [0.4, 0.5) is 31.1 Å². The van der Waals surface area contributed by atoms with Gasteiger partial charge in [-0.15, -0.1) is 5.10 Å². The molecule has 0 unspecified atom stereocenters. The number of hydrogen-bond donors (Lipinski definition) is 4. The molecule has 0 bridgehead atoms. The summed E-state index contributed by atoms with van der Waals surface area (Å²) >= 11 is 5.80. The standard InChI is InChI=1S/C23H21ClF6N8O3/c24-14-5-3-13(4-6-14)18(31)37(11-16(39)23(28,29)30)21(41)34-10-17-35-12-38(36-17)19-15(2-1-8-32-19)20(40)33-9-7-22(25,26)27/h1-6,8,12,16,31,39H,7,9-11H2,(H,33,40)(H,34,41)/t16-/m0/s1. The number of nitrogens with one attached hydrogen (secondary N) is 3.